The van der Waals surface area contributed by atoms with E-state index in [0.29, 0.717) is 24.6 Å². The highest BCUT2D eigenvalue weighted by Gasteiger charge is 2.23. The number of allylic oxidation sites excluding steroid dienone is 2. The summed E-state index contributed by atoms with van der Waals surface area (Å²) in [5.41, 5.74) is 1.86. The van der Waals surface area contributed by atoms with Crippen molar-refractivity contribution in [2.24, 2.45) is 5.92 Å². The molecule has 0 unspecified atom stereocenters. The van der Waals surface area contributed by atoms with E-state index in [9.17, 15) is 4.79 Å². The minimum absolute atomic E-state index is 0.0310. The van der Waals surface area contributed by atoms with Crippen molar-refractivity contribution in [3.05, 3.63) is 29.8 Å². The molecule has 1 aliphatic carbocycles. The van der Waals surface area contributed by atoms with Gasteiger partial charge in [-0.05, 0) is 38.7 Å². The number of fused-ring (bicyclic) bond motifs is 1. The molecule has 1 amide bonds. The van der Waals surface area contributed by atoms with Crippen LogP contribution in [0.4, 0.5) is 5.69 Å². The third-order valence-corrected chi connectivity index (χ3v) is 4.13. The number of rotatable bonds is 5. The van der Waals surface area contributed by atoms with Crippen LogP contribution in [0.1, 0.15) is 38.7 Å². The Labute approximate surface area is 131 Å². The van der Waals surface area contributed by atoms with Gasteiger partial charge in [-0.15, -0.1) is 0 Å². The molecular weight excluding hydrogens is 278 g/mol. The lowest BCUT2D eigenvalue weighted by atomic mass is 10.0. The van der Waals surface area contributed by atoms with E-state index in [1.807, 2.05) is 26.0 Å². The first-order valence-corrected chi connectivity index (χ1v) is 8.08. The van der Waals surface area contributed by atoms with Crippen LogP contribution >= 0.6 is 0 Å². The lowest BCUT2D eigenvalue weighted by Crippen LogP contribution is -2.15. The summed E-state index contributed by atoms with van der Waals surface area (Å²) in [6.07, 6.45) is 8.01. The van der Waals surface area contributed by atoms with Crippen molar-refractivity contribution in [2.45, 2.75) is 45.6 Å². The number of carbonyl (C=O) groups is 1. The first-order valence-electron chi connectivity index (χ1n) is 8.08. The van der Waals surface area contributed by atoms with Gasteiger partial charge in [0.05, 0.1) is 12.3 Å². The number of benzene rings is 1. The molecule has 4 heteroatoms. The zero-order valence-corrected chi connectivity index (χ0v) is 13.2. The van der Waals surface area contributed by atoms with Crippen LogP contribution in [0.3, 0.4) is 0 Å². The summed E-state index contributed by atoms with van der Waals surface area (Å²) in [5.74, 6) is 1.98. The Kier molecular flexibility index (Phi) is 4.36. The standard InChI is InChI=1S/C18H23NO3/c1-3-21-17-10-14-8-12(2)22-16(14)11-15(17)19-18(20)9-13-6-4-5-7-13/h4,6,10-13H,3,5,7-9H2,1-2H3,(H,19,20)/t12-,13-/m1/s1. The predicted molar refractivity (Wildman–Crippen MR) is 86.5 cm³/mol. The van der Waals surface area contributed by atoms with Crippen LogP contribution in [0.5, 0.6) is 11.5 Å². The summed E-state index contributed by atoms with van der Waals surface area (Å²) in [7, 11) is 0. The van der Waals surface area contributed by atoms with Crippen molar-refractivity contribution in [2.75, 3.05) is 11.9 Å². The van der Waals surface area contributed by atoms with E-state index < -0.39 is 0 Å². The molecule has 0 saturated heterocycles. The molecule has 1 aromatic carbocycles. The Morgan fingerprint density at radius 1 is 1.45 bits per heavy atom. The quantitative estimate of drug-likeness (QED) is 0.844. The van der Waals surface area contributed by atoms with Gasteiger partial charge >= 0.3 is 0 Å². The summed E-state index contributed by atoms with van der Waals surface area (Å²) < 4.78 is 11.5. The second-order valence-corrected chi connectivity index (χ2v) is 6.04. The molecule has 2 atom stereocenters. The summed E-state index contributed by atoms with van der Waals surface area (Å²) in [4.78, 5) is 12.2. The number of carbonyl (C=O) groups excluding carboxylic acids is 1. The van der Waals surface area contributed by atoms with Crippen molar-refractivity contribution >= 4 is 11.6 Å². The molecule has 1 aliphatic heterocycles. The molecule has 0 radical (unpaired) electrons. The molecule has 118 valence electrons. The Balaban J connectivity index is 1.75. The van der Waals surface area contributed by atoms with E-state index in [0.717, 1.165) is 36.3 Å². The molecule has 2 aliphatic rings. The number of hydrogen-bond acceptors (Lipinski definition) is 3. The molecule has 4 nitrogen and oxygen atoms in total. The average molecular weight is 301 g/mol. The maximum absolute atomic E-state index is 12.2. The highest BCUT2D eigenvalue weighted by Crippen LogP contribution is 2.38. The van der Waals surface area contributed by atoms with E-state index in [1.165, 1.54) is 0 Å². The van der Waals surface area contributed by atoms with Crippen LogP contribution in [-0.4, -0.2) is 18.6 Å². The normalized spacial score (nSPS) is 22.3. The van der Waals surface area contributed by atoms with Gasteiger partial charge in [-0.25, -0.2) is 0 Å². The first kappa shape index (κ1) is 14.9. The zero-order chi connectivity index (χ0) is 15.5. The smallest absolute Gasteiger partial charge is 0.225 e. The molecule has 0 saturated carbocycles. The van der Waals surface area contributed by atoms with E-state index in [-0.39, 0.29) is 12.0 Å². The van der Waals surface area contributed by atoms with Gasteiger partial charge in [-0.2, -0.15) is 0 Å². The molecule has 0 spiro atoms. The zero-order valence-electron chi connectivity index (χ0n) is 13.2. The predicted octanol–water partition coefficient (Wildman–Crippen LogP) is 3.70. The number of ether oxygens (including phenoxy) is 2. The lowest BCUT2D eigenvalue weighted by molar-refractivity contribution is -0.116. The molecule has 0 aromatic heterocycles. The van der Waals surface area contributed by atoms with Crippen molar-refractivity contribution in [1.82, 2.24) is 0 Å². The Hall–Kier alpha value is -1.97. The van der Waals surface area contributed by atoms with Gasteiger partial charge in [0.2, 0.25) is 5.91 Å². The monoisotopic (exact) mass is 301 g/mol. The Morgan fingerprint density at radius 2 is 2.32 bits per heavy atom. The maximum atomic E-state index is 12.2. The summed E-state index contributed by atoms with van der Waals surface area (Å²) >= 11 is 0. The van der Waals surface area contributed by atoms with Gasteiger partial charge in [-0.3, -0.25) is 4.79 Å². The second kappa shape index (κ2) is 6.42. The van der Waals surface area contributed by atoms with Gasteiger partial charge < -0.3 is 14.8 Å². The topological polar surface area (TPSA) is 47.6 Å². The van der Waals surface area contributed by atoms with Crippen molar-refractivity contribution in [3.8, 4) is 11.5 Å². The molecule has 3 rings (SSSR count). The fraction of sp³-hybridized carbons (Fsp3) is 0.500. The van der Waals surface area contributed by atoms with Crippen LogP contribution in [0.25, 0.3) is 0 Å². The highest BCUT2D eigenvalue weighted by atomic mass is 16.5. The van der Waals surface area contributed by atoms with Crippen LogP contribution in [0, 0.1) is 5.92 Å². The minimum atomic E-state index is 0.0310. The number of amides is 1. The largest absolute Gasteiger partial charge is 0.492 e. The van der Waals surface area contributed by atoms with E-state index >= 15 is 0 Å². The molecule has 1 N–H and O–H groups in total. The first-order chi connectivity index (χ1) is 10.7. The third-order valence-electron chi connectivity index (χ3n) is 4.13. The van der Waals surface area contributed by atoms with E-state index in [4.69, 9.17) is 9.47 Å². The second-order valence-electron chi connectivity index (χ2n) is 6.04. The van der Waals surface area contributed by atoms with E-state index in [2.05, 4.69) is 17.5 Å². The molecular formula is C18H23NO3. The number of anilines is 1. The fourth-order valence-electron chi connectivity index (χ4n) is 3.12. The lowest BCUT2D eigenvalue weighted by Gasteiger charge is -2.14. The number of nitrogens with one attached hydrogen (secondary N) is 1. The molecule has 1 heterocycles. The Morgan fingerprint density at radius 3 is 3.05 bits per heavy atom. The number of hydrogen-bond donors (Lipinski definition) is 1. The van der Waals surface area contributed by atoms with Gasteiger partial charge in [0.25, 0.3) is 0 Å². The minimum Gasteiger partial charge on any atom is -0.492 e. The van der Waals surface area contributed by atoms with Crippen molar-refractivity contribution in [3.63, 3.8) is 0 Å². The molecule has 1 aromatic rings. The van der Waals surface area contributed by atoms with Crippen LogP contribution in [0.2, 0.25) is 0 Å². The summed E-state index contributed by atoms with van der Waals surface area (Å²) in [6, 6.07) is 3.89. The average Bonchev–Trinajstić information content (AvgIpc) is 3.07. The molecule has 22 heavy (non-hydrogen) atoms. The summed E-state index contributed by atoms with van der Waals surface area (Å²) in [6.45, 7) is 4.57. The Bertz CT molecular complexity index is 594. The highest BCUT2D eigenvalue weighted by molar-refractivity contribution is 5.93. The van der Waals surface area contributed by atoms with Gasteiger partial charge in [0, 0.05) is 24.5 Å². The van der Waals surface area contributed by atoms with E-state index in [1.54, 1.807) is 0 Å². The fourth-order valence-corrected chi connectivity index (χ4v) is 3.12. The van der Waals surface area contributed by atoms with Gasteiger partial charge in [0.15, 0.2) is 0 Å². The SMILES string of the molecule is CCOc1cc2c(cc1NC(=O)C[C@@H]1C=CCC1)O[C@H](C)C2. The van der Waals surface area contributed by atoms with Crippen molar-refractivity contribution < 1.29 is 14.3 Å². The van der Waals surface area contributed by atoms with Crippen LogP contribution in [0.15, 0.2) is 24.3 Å². The van der Waals surface area contributed by atoms with Crippen molar-refractivity contribution in [1.29, 1.82) is 0 Å². The molecule has 0 fully saturated rings. The van der Waals surface area contributed by atoms with Gasteiger partial charge in [0.1, 0.15) is 17.6 Å². The van der Waals surface area contributed by atoms with Crippen LogP contribution < -0.4 is 14.8 Å². The van der Waals surface area contributed by atoms with Gasteiger partial charge in [-0.1, -0.05) is 12.2 Å². The third kappa shape index (κ3) is 3.26. The summed E-state index contributed by atoms with van der Waals surface area (Å²) in [5, 5.41) is 2.99. The maximum Gasteiger partial charge on any atom is 0.225 e. The molecule has 0 bridgehead atoms. The van der Waals surface area contributed by atoms with Crippen LogP contribution in [-0.2, 0) is 11.2 Å².